The van der Waals surface area contributed by atoms with Gasteiger partial charge in [-0.2, -0.15) is 0 Å². The topological polar surface area (TPSA) is 86.8 Å². The number of likely N-dealkylation sites (N-methyl/N-ethyl adjacent to an activating group) is 1. The largest absolute Gasteiger partial charge is 0.355 e. The predicted molar refractivity (Wildman–Crippen MR) is 129 cm³/mol. The van der Waals surface area contributed by atoms with Gasteiger partial charge >= 0.3 is 0 Å². The highest BCUT2D eigenvalue weighted by Crippen LogP contribution is 2.30. The molecule has 0 aliphatic heterocycles. The van der Waals surface area contributed by atoms with Gasteiger partial charge in [-0.05, 0) is 44.5 Å². The van der Waals surface area contributed by atoms with Crippen LogP contribution in [0.15, 0.2) is 42.5 Å². The summed E-state index contributed by atoms with van der Waals surface area (Å²) >= 11 is 12.2. The van der Waals surface area contributed by atoms with E-state index >= 15 is 0 Å². The average Bonchev–Trinajstić information content (AvgIpc) is 2.72. The lowest BCUT2D eigenvalue weighted by Gasteiger charge is -2.31. The van der Waals surface area contributed by atoms with Crippen LogP contribution >= 0.6 is 23.2 Å². The zero-order chi connectivity index (χ0) is 24.1. The molecule has 10 heteroatoms. The number of hydrogen-bond acceptors (Lipinski definition) is 4. The van der Waals surface area contributed by atoms with E-state index in [4.69, 9.17) is 23.2 Å². The van der Waals surface area contributed by atoms with Crippen LogP contribution in [-0.4, -0.2) is 50.5 Å². The van der Waals surface area contributed by atoms with E-state index in [0.717, 1.165) is 21.7 Å². The summed E-state index contributed by atoms with van der Waals surface area (Å²) in [5.41, 5.74) is 1.96. The fraction of sp³-hybridized carbons (Fsp3) is 0.364. The third kappa shape index (κ3) is 6.85. The van der Waals surface area contributed by atoms with Crippen LogP contribution < -0.4 is 9.62 Å². The third-order valence-corrected chi connectivity index (χ3v) is 6.53. The van der Waals surface area contributed by atoms with Gasteiger partial charge in [-0.1, -0.05) is 53.0 Å². The molecule has 0 bridgehead atoms. The van der Waals surface area contributed by atoms with Gasteiger partial charge in [0.1, 0.15) is 12.6 Å². The molecule has 0 aliphatic carbocycles. The molecule has 0 unspecified atom stereocenters. The van der Waals surface area contributed by atoms with Crippen LogP contribution in [0.4, 0.5) is 5.69 Å². The van der Waals surface area contributed by atoms with Crippen molar-refractivity contribution in [1.29, 1.82) is 0 Å². The molecule has 0 fully saturated rings. The maximum Gasteiger partial charge on any atom is 0.244 e. The van der Waals surface area contributed by atoms with Gasteiger partial charge in [0.25, 0.3) is 0 Å². The highest BCUT2D eigenvalue weighted by molar-refractivity contribution is 7.92. The van der Waals surface area contributed by atoms with Crippen molar-refractivity contribution in [3.63, 3.8) is 0 Å². The van der Waals surface area contributed by atoms with Crippen molar-refractivity contribution in [2.45, 2.75) is 33.4 Å². The molecule has 2 aromatic carbocycles. The van der Waals surface area contributed by atoms with Crippen LogP contribution in [0.2, 0.25) is 10.0 Å². The minimum Gasteiger partial charge on any atom is -0.355 e. The molecule has 174 valence electrons. The van der Waals surface area contributed by atoms with Crippen molar-refractivity contribution < 1.29 is 18.0 Å². The summed E-state index contributed by atoms with van der Waals surface area (Å²) < 4.78 is 26.0. The summed E-state index contributed by atoms with van der Waals surface area (Å²) in [5, 5.41) is 3.11. The van der Waals surface area contributed by atoms with Crippen molar-refractivity contribution in [2.24, 2.45) is 0 Å². The second kappa shape index (κ2) is 11.0. The van der Waals surface area contributed by atoms with Crippen LogP contribution in [0.5, 0.6) is 0 Å². The second-order valence-electron chi connectivity index (χ2n) is 7.44. The Kier molecular flexibility index (Phi) is 8.95. The smallest absolute Gasteiger partial charge is 0.244 e. The van der Waals surface area contributed by atoms with Crippen LogP contribution in [0.3, 0.4) is 0 Å². The van der Waals surface area contributed by atoms with Gasteiger partial charge in [-0.25, -0.2) is 8.42 Å². The van der Waals surface area contributed by atoms with Crippen LogP contribution in [-0.2, 0) is 26.2 Å². The Bertz CT molecular complexity index is 1080. The van der Waals surface area contributed by atoms with E-state index < -0.39 is 28.5 Å². The maximum absolute atomic E-state index is 13.4. The van der Waals surface area contributed by atoms with E-state index in [1.54, 1.807) is 13.8 Å². The summed E-state index contributed by atoms with van der Waals surface area (Å²) in [6.07, 6.45) is 0.981. The Labute approximate surface area is 199 Å². The second-order valence-corrected chi connectivity index (χ2v) is 10.2. The number of nitrogens with zero attached hydrogens (tertiary/aromatic N) is 2. The molecule has 0 aliphatic rings. The van der Waals surface area contributed by atoms with E-state index in [1.165, 1.54) is 23.1 Å². The van der Waals surface area contributed by atoms with Gasteiger partial charge in [-0.3, -0.25) is 13.9 Å². The molecule has 32 heavy (non-hydrogen) atoms. The van der Waals surface area contributed by atoms with Crippen molar-refractivity contribution in [3.8, 4) is 0 Å². The van der Waals surface area contributed by atoms with E-state index in [2.05, 4.69) is 5.32 Å². The molecular weight excluding hydrogens is 473 g/mol. The quantitative estimate of drug-likeness (QED) is 0.570. The van der Waals surface area contributed by atoms with Gasteiger partial charge in [0.05, 0.1) is 17.0 Å². The fourth-order valence-corrected chi connectivity index (χ4v) is 4.36. The third-order valence-electron chi connectivity index (χ3n) is 4.85. The first-order valence-electron chi connectivity index (χ1n) is 9.99. The summed E-state index contributed by atoms with van der Waals surface area (Å²) in [4.78, 5) is 27.2. The van der Waals surface area contributed by atoms with E-state index in [9.17, 15) is 18.0 Å². The lowest BCUT2D eigenvalue weighted by molar-refractivity contribution is -0.139. The van der Waals surface area contributed by atoms with Crippen molar-refractivity contribution >= 4 is 50.7 Å². The number of aryl methyl sites for hydroxylation is 1. The highest BCUT2D eigenvalue weighted by atomic mass is 35.5. The molecule has 0 saturated heterocycles. The van der Waals surface area contributed by atoms with E-state index in [1.807, 2.05) is 31.2 Å². The van der Waals surface area contributed by atoms with Gasteiger partial charge in [0.2, 0.25) is 21.8 Å². The van der Waals surface area contributed by atoms with Crippen LogP contribution in [0.25, 0.3) is 0 Å². The fourth-order valence-electron chi connectivity index (χ4n) is 3.07. The minimum absolute atomic E-state index is 0.0935. The number of carbonyl (C=O) groups excluding carboxylic acids is 2. The van der Waals surface area contributed by atoms with Crippen LogP contribution in [0, 0.1) is 6.92 Å². The number of halogens is 2. The Morgan fingerprint density at radius 2 is 1.72 bits per heavy atom. The zero-order valence-corrected chi connectivity index (χ0v) is 20.8. The Morgan fingerprint density at radius 3 is 2.28 bits per heavy atom. The van der Waals surface area contributed by atoms with E-state index in [-0.39, 0.29) is 28.2 Å². The molecular formula is C22H27Cl2N3O4S. The monoisotopic (exact) mass is 499 g/mol. The average molecular weight is 500 g/mol. The number of amides is 2. The highest BCUT2D eigenvalue weighted by Gasteiger charge is 2.30. The molecule has 0 saturated carbocycles. The number of anilines is 1. The first-order valence-corrected chi connectivity index (χ1v) is 12.6. The molecule has 0 radical (unpaired) electrons. The number of carbonyl (C=O) groups is 2. The van der Waals surface area contributed by atoms with Crippen molar-refractivity contribution in [3.05, 3.63) is 63.6 Å². The Morgan fingerprint density at radius 1 is 1.09 bits per heavy atom. The number of hydrogen-bond donors (Lipinski definition) is 1. The lowest BCUT2D eigenvalue weighted by atomic mass is 10.1. The number of benzene rings is 2. The molecule has 7 nitrogen and oxygen atoms in total. The van der Waals surface area contributed by atoms with Crippen molar-refractivity contribution in [2.75, 3.05) is 23.7 Å². The Balaban J connectivity index is 2.42. The number of sulfonamides is 1. The van der Waals surface area contributed by atoms with Crippen LogP contribution in [0.1, 0.15) is 25.0 Å². The summed E-state index contributed by atoms with van der Waals surface area (Å²) in [6, 6.07) is 11.1. The van der Waals surface area contributed by atoms with Gasteiger partial charge in [0, 0.05) is 18.1 Å². The van der Waals surface area contributed by atoms with Gasteiger partial charge in [0.15, 0.2) is 0 Å². The van der Waals surface area contributed by atoms with Crippen molar-refractivity contribution in [1.82, 2.24) is 10.2 Å². The summed E-state index contributed by atoms with van der Waals surface area (Å²) in [5.74, 6) is -0.884. The molecule has 0 spiro atoms. The lowest BCUT2D eigenvalue weighted by Crippen LogP contribution is -2.51. The normalized spacial score (nSPS) is 12.2. The standard InChI is InChI=1S/C22H27Cl2N3O4S/c1-5-25-22(29)16(3)26(13-17-8-6-15(2)7-9-17)21(28)14-27(32(4,30)31)20-12-18(23)10-11-19(20)24/h6-12,16H,5,13-14H2,1-4H3,(H,25,29)/t16-/m1/s1. The molecule has 2 rings (SSSR count). The first kappa shape index (κ1) is 26.0. The van der Waals surface area contributed by atoms with Gasteiger partial charge in [-0.15, -0.1) is 0 Å². The first-order chi connectivity index (χ1) is 14.9. The Hall–Kier alpha value is -2.29. The zero-order valence-electron chi connectivity index (χ0n) is 18.4. The molecule has 2 amide bonds. The van der Waals surface area contributed by atoms with E-state index in [0.29, 0.717) is 6.54 Å². The molecule has 2 aromatic rings. The number of nitrogens with one attached hydrogen (secondary N) is 1. The molecule has 1 N–H and O–H groups in total. The number of rotatable bonds is 9. The molecule has 1 atom stereocenters. The summed E-state index contributed by atoms with van der Waals surface area (Å²) in [7, 11) is -3.88. The molecule has 0 heterocycles. The summed E-state index contributed by atoms with van der Waals surface area (Å²) in [6.45, 7) is 5.34. The minimum atomic E-state index is -3.88. The molecule has 0 aromatic heterocycles. The maximum atomic E-state index is 13.4. The predicted octanol–water partition coefficient (Wildman–Crippen LogP) is 3.62. The van der Waals surface area contributed by atoms with Gasteiger partial charge < -0.3 is 10.2 Å². The SMILES string of the molecule is CCNC(=O)[C@@H](C)N(Cc1ccc(C)cc1)C(=O)CN(c1cc(Cl)ccc1Cl)S(C)(=O)=O.